The number of nitrogens with zero attached hydrogens (tertiary/aromatic N) is 1. The molecule has 1 aromatic carbocycles. The lowest BCUT2D eigenvalue weighted by atomic mass is 9.88. The van der Waals surface area contributed by atoms with Gasteiger partial charge in [0.05, 0.1) is 6.42 Å². The molecule has 1 fully saturated rings. The lowest BCUT2D eigenvalue weighted by molar-refractivity contribution is 0.466. The van der Waals surface area contributed by atoms with E-state index in [9.17, 15) is 8.78 Å². The third kappa shape index (κ3) is 2.06. The third-order valence-corrected chi connectivity index (χ3v) is 3.28. The second kappa shape index (κ2) is 3.86. The second-order valence-corrected chi connectivity index (χ2v) is 4.66. The molecule has 0 aliphatic heterocycles. The fourth-order valence-electron chi connectivity index (χ4n) is 2.03. The Hall–Kier alpha value is -1.43. The molecule has 1 nitrogen and oxygen atoms in total. The van der Waals surface area contributed by atoms with Gasteiger partial charge in [-0.25, -0.2) is 15.4 Å². The van der Waals surface area contributed by atoms with Crippen LogP contribution < -0.4 is 0 Å². The molecule has 1 unspecified atom stereocenters. The molecule has 1 aliphatic rings. The SMILES string of the molecule is [C-]#[N+]C(C)(Cc1ccc(F)cc1F)C1CC1. The van der Waals surface area contributed by atoms with E-state index in [4.69, 9.17) is 6.57 Å². The minimum atomic E-state index is -0.572. The van der Waals surface area contributed by atoms with Crippen molar-refractivity contribution in [2.45, 2.75) is 31.7 Å². The topological polar surface area (TPSA) is 4.36 Å². The molecule has 0 amide bonds. The van der Waals surface area contributed by atoms with Gasteiger partial charge < -0.3 is 4.85 Å². The molecule has 0 N–H and O–H groups in total. The first-order chi connectivity index (χ1) is 7.55. The summed E-state index contributed by atoms with van der Waals surface area (Å²) in [6, 6.07) is 3.57. The van der Waals surface area contributed by atoms with Gasteiger partial charge in [-0.15, -0.1) is 0 Å². The number of hydrogen-bond donors (Lipinski definition) is 0. The van der Waals surface area contributed by atoms with Crippen molar-refractivity contribution in [3.8, 4) is 0 Å². The average Bonchev–Trinajstić information content (AvgIpc) is 3.06. The summed E-state index contributed by atoms with van der Waals surface area (Å²) < 4.78 is 26.2. The van der Waals surface area contributed by atoms with Gasteiger partial charge in [0, 0.05) is 18.9 Å². The molecule has 0 heterocycles. The summed E-state index contributed by atoms with van der Waals surface area (Å²) in [5, 5.41) is 0. The van der Waals surface area contributed by atoms with Crippen molar-refractivity contribution in [3.05, 3.63) is 46.8 Å². The van der Waals surface area contributed by atoms with Gasteiger partial charge in [-0.1, -0.05) is 6.07 Å². The van der Waals surface area contributed by atoms with E-state index in [0.717, 1.165) is 18.9 Å². The van der Waals surface area contributed by atoms with Crippen LogP contribution in [0.3, 0.4) is 0 Å². The van der Waals surface area contributed by atoms with Crippen molar-refractivity contribution < 1.29 is 8.78 Å². The fourth-order valence-corrected chi connectivity index (χ4v) is 2.03. The average molecular weight is 221 g/mol. The van der Waals surface area contributed by atoms with Gasteiger partial charge in [-0.05, 0) is 24.5 Å². The molecule has 1 aromatic rings. The highest BCUT2D eigenvalue weighted by Crippen LogP contribution is 2.44. The van der Waals surface area contributed by atoms with E-state index in [1.807, 2.05) is 6.92 Å². The lowest BCUT2D eigenvalue weighted by Gasteiger charge is -2.16. The first kappa shape index (κ1) is 11.1. The number of rotatable bonds is 3. The predicted molar refractivity (Wildman–Crippen MR) is 57.8 cm³/mol. The monoisotopic (exact) mass is 221 g/mol. The maximum Gasteiger partial charge on any atom is 0.236 e. The number of halogens is 2. The first-order valence-corrected chi connectivity index (χ1v) is 5.38. The lowest BCUT2D eigenvalue weighted by Crippen LogP contribution is -2.26. The van der Waals surface area contributed by atoms with Gasteiger partial charge in [0.25, 0.3) is 0 Å². The van der Waals surface area contributed by atoms with Gasteiger partial charge in [0.2, 0.25) is 5.54 Å². The maximum atomic E-state index is 13.5. The van der Waals surface area contributed by atoms with Crippen LogP contribution in [-0.2, 0) is 6.42 Å². The second-order valence-electron chi connectivity index (χ2n) is 4.66. The molecule has 0 radical (unpaired) electrons. The minimum absolute atomic E-state index is 0.368. The molecule has 0 bridgehead atoms. The Morgan fingerprint density at radius 2 is 2.12 bits per heavy atom. The molecule has 84 valence electrons. The van der Waals surface area contributed by atoms with Crippen LogP contribution in [-0.4, -0.2) is 5.54 Å². The van der Waals surface area contributed by atoms with E-state index in [0.29, 0.717) is 17.9 Å². The Bertz CT molecular complexity index is 446. The quantitative estimate of drug-likeness (QED) is 0.687. The van der Waals surface area contributed by atoms with Gasteiger partial charge >= 0.3 is 0 Å². The van der Waals surface area contributed by atoms with Crippen molar-refractivity contribution in [3.63, 3.8) is 0 Å². The van der Waals surface area contributed by atoms with E-state index in [-0.39, 0.29) is 0 Å². The van der Waals surface area contributed by atoms with Crippen LogP contribution in [0.25, 0.3) is 4.85 Å². The standard InChI is InChI=1S/C13H13F2N/c1-13(16-2,10-4-5-10)8-9-3-6-11(14)7-12(9)15/h3,6-7,10H,4-5,8H2,1H3. The normalized spacial score (nSPS) is 18.9. The van der Waals surface area contributed by atoms with E-state index >= 15 is 0 Å². The zero-order valence-corrected chi connectivity index (χ0v) is 9.13. The van der Waals surface area contributed by atoms with Crippen molar-refractivity contribution in [1.82, 2.24) is 0 Å². The van der Waals surface area contributed by atoms with E-state index in [1.165, 1.54) is 12.1 Å². The molecular weight excluding hydrogens is 208 g/mol. The molecule has 3 heteroatoms. The molecule has 16 heavy (non-hydrogen) atoms. The summed E-state index contributed by atoms with van der Waals surface area (Å²) in [4.78, 5) is 3.63. The predicted octanol–water partition coefficient (Wildman–Crippen LogP) is 3.60. The molecule has 0 spiro atoms. The first-order valence-electron chi connectivity index (χ1n) is 5.38. The summed E-state index contributed by atoms with van der Waals surface area (Å²) >= 11 is 0. The Kier molecular flexibility index (Phi) is 2.67. The molecule has 1 saturated carbocycles. The van der Waals surface area contributed by atoms with Gasteiger partial charge in [-0.2, -0.15) is 0 Å². The van der Waals surface area contributed by atoms with Crippen LogP contribution in [0, 0.1) is 24.1 Å². The zero-order valence-electron chi connectivity index (χ0n) is 9.13. The van der Waals surface area contributed by atoms with Crippen molar-refractivity contribution in [1.29, 1.82) is 0 Å². The summed E-state index contributed by atoms with van der Waals surface area (Å²) in [5.41, 5.74) is -0.0922. The van der Waals surface area contributed by atoms with E-state index in [1.54, 1.807) is 0 Å². The van der Waals surface area contributed by atoms with Gasteiger partial charge in [0.15, 0.2) is 0 Å². The molecule has 1 atom stereocenters. The molecule has 2 rings (SSSR count). The highest BCUT2D eigenvalue weighted by atomic mass is 19.1. The van der Waals surface area contributed by atoms with Crippen LogP contribution in [0.5, 0.6) is 0 Å². The van der Waals surface area contributed by atoms with Crippen molar-refractivity contribution in [2.24, 2.45) is 5.92 Å². The highest BCUT2D eigenvalue weighted by Gasteiger charge is 2.47. The van der Waals surface area contributed by atoms with Crippen molar-refractivity contribution >= 4 is 0 Å². The van der Waals surface area contributed by atoms with Gasteiger partial charge in [-0.3, -0.25) is 0 Å². The van der Waals surface area contributed by atoms with Gasteiger partial charge in [0.1, 0.15) is 11.6 Å². The molecule has 1 aliphatic carbocycles. The molecular formula is C13H13F2N. The number of hydrogen-bond acceptors (Lipinski definition) is 0. The Balaban J connectivity index is 2.23. The fraction of sp³-hybridized carbons (Fsp3) is 0.462. The molecule has 0 saturated heterocycles. The Labute approximate surface area is 93.9 Å². The van der Waals surface area contributed by atoms with Crippen molar-refractivity contribution in [2.75, 3.05) is 0 Å². The highest BCUT2D eigenvalue weighted by molar-refractivity contribution is 5.24. The van der Waals surface area contributed by atoms with E-state index in [2.05, 4.69) is 4.85 Å². The summed E-state index contributed by atoms with van der Waals surface area (Å²) in [6.45, 7) is 9.08. The zero-order chi connectivity index (χ0) is 11.8. The third-order valence-electron chi connectivity index (χ3n) is 3.28. The Morgan fingerprint density at radius 3 is 2.62 bits per heavy atom. The van der Waals surface area contributed by atoms with Crippen LogP contribution in [0.1, 0.15) is 25.3 Å². The summed E-state index contributed by atoms with van der Waals surface area (Å²) in [7, 11) is 0. The molecule has 0 aromatic heterocycles. The van der Waals surface area contributed by atoms with Crippen LogP contribution in [0.2, 0.25) is 0 Å². The van der Waals surface area contributed by atoms with Crippen LogP contribution >= 0.6 is 0 Å². The Morgan fingerprint density at radius 1 is 1.44 bits per heavy atom. The van der Waals surface area contributed by atoms with Crippen LogP contribution in [0.15, 0.2) is 18.2 Å². The van der Waals surface area contributed by atoms with Crippen LogP contribution in [0.4, 0.5) is 8.78 Å². The summed E-state index contributed by atoms with van der Waals surface area (Å²) in [6.07, 6.45) is 2.46. The number of benzene rings is 1. The summed E-state index contributed by atoms with van der Waals surface area (Å²) in [5.74, 6) is -0.748. The smallest absolute Gasteiger partial charge is 0.236 e. The van der Waals surface area contributed by atoms with E-state index < -0.39 is 17.2 Å². The minimum Gasteiger partial charge on any atom is -0.310 e. The largest absolute Gasteiger partial charge is 0.310 e. The maximum absolute atomic E-state index is 13.5.